The summed E-state index contributed by atoms with van der Waals surface area (Å²) in [5, 5.41) is 3.83. The maximum atomic E-state index is 13.2. The van der Waals surface area contributed by atoms with Gasteiger partial charge in [0.1, 0.15) is 23.0 Å². The van der Waals surface area contributed by atoms with Gasteiger partial charge in [-0.25, -0.2) is 4.79 Å². The van der Waals surface area contributed by atoms with Crippen molar-refractivity contribution in [2.75, 3.05) is 28.4 Å². The van der Waals surface area contributed by atoms with E-state index >= 15 is 0 Å². The maximum absolute atomic E-state index is 13.2. The number of ether oxygens (including phenoxy) is 5. The van der Waals surface area contributed by atoms with Crippen molar-refractivity contribution >= 4 is 33.6 Å². The number of benzene rings is 5. The third-order valence-corrected chi connectivity index (χ3v) is 7.92. The molecule has 0 amide bonds. The molecule has 1 heterocycles. The Kier molecular flexibility index (Phi) is 6.54. The monoisotopic (exact) mass is 546 g/mol. The molecule has 0 atom stereocenters. The number of fused-ring (bicyclic) bond motifs is 5. The molecule has 0 unspecified atom stereocenters. The molecule has 5 aromatic rings. The first-order valence-corrected chi connectivity index (χ1v) is 13.3. The van der Waals surface area contributed by atoms with Gasteiger partial charge in [0, 0.05) is 22.1 Å². The summed E-state index contributed by atoms with van der Waals surface area (Å²) in [5.74, 6) is 2.45. The van der Waals surface area contributed by atoms with Crippen LogP contribution in [-0.4, -0.2) is 34.4 Å². The summed E-state index contributed by atoms with van der Waals surface area (Å²) >= 11 is 0. The second-order valence-corrected chi connectivity index (χ2v) is 9.94. The average Bonchev–Trinajstić information content (AvgIpc) is 3.04. The fraction of sp³-hybridized carbons (Fsp3) is 0.171. The molecule has 6 heteroatoms. The third-order valence-electron chi connectivity index (χ3n) is 7.92. The molecule has 0 aliphatic carbocycles. The highest BCUT2D eigenvalue weighted by molar-refractivity contribution is 6.16. The summed E-state index contributed by atoms with van der Waals surface area (Å²) in [7, 11) is 6.34. The number of hydrogen-bond donors (Lipinski definition) is 0. The van der Waals surface area contributed by atoms with E-state index in [9.17, 15) is 4.79 Å². The van der Waals surface area contributed by atoms with Crippen LogP contribution in [0.5, 0.6) is 23.0 Å². The fourth-order valence-corrected chi connectivity index (χ4v) is 5.76. The lowest BCUT2D eigenvalue weighted by Crippen LogP contribution is -2.35. The summed E-state index contributed by atoms with van der Waals surface area (Å²) in [6.07, 6.45) is 3.99. The van der Waals surface area contributed by atoms with E-state index in [2.05, 4.69) is 0 Å². The zero-order chi connectivity index (χ0) is 28.7. The molecule has 0 spiro atoms. The van der Waals surface area contributed by atoms with Crippen LogP contribution < -0.4 is 18.9 Å². The topological polar surface area (TPSA) is 63.2 Å². The van der Waals surface area contributed by atoms with Crippen molar-refractivity contribution in [2.45, 2.75) is 12.5 Å². The lowest BCUT2D eigenvalue weighted by molar-refractivity contribution is 0.0598. The third kappa shape index (κ3) is 4.14. The van der Waals surface area contributed by atoms with Gasteiger partial charge in [0.25, 0.3) is 0 Å². The van der Waals surface area contributed by atoms with Crippen molar-refractivity contribution in [1.29, 1.82) is 0 Å². The number of carbonyl (C=O) groups excluding carboxylic acids is 1. The molecule has 0 fully saturated rings. The van der Waals surface area contributed by atoms with E-state index in [1.54, 1.807) is 21.3 Å². The molecule has 5 aromatic carbocycles. The van der Waals surface area contributed by atoms with Crippen molar-refractivity contribution < 1.29 is 28.5 Å². The van der Waals surface area contributed by atoms with Gasteiger partial charge in [0.05, 0.1) is 34.0 Å². The smallest absolute Gasteiger partial charge is 0.338 e. The van der Waals surface area contributed by atoms with E-state index in [1.807, 2.05) is 97.9 Å². The minimum Gasteiger partial charge on any atom is -0.497 e. The van der Waals surface area contributed by atoms with Crippen molar-refractivity contribution in [1.82, 2.24) is 0 Å². The van der Waals surface area contributed by atoms with Gasteiger partial charge in [-0.15, -0.1) is 0 Å². The van der Waals surface area contributed by atoms with E-state index in [0.717, 1.165) is 55.5 Å². The minimum absolute atomic E-state index is 0.412. The van der Waals surface area contributed by atoms with Gasteiger partial charge in [0.15, 0.2) is 5.60 Å². The Morgan fingerprint density at radius 1 is 0.707 bits per heavy atom. The van der Waals surface area contributed by atoms with Crippen LogP contribution in [0.1, 0.15) is 32.6 Å². The Hall–Kier alpha value is -4.97. The van der Waals surface area contributed by atoms with Crippen molar-refractivity contribution in [2.24, 2.45) is 0 Å². The predicted molar refractivity (Wildman–Crippen MR) is 161 cm³/mol. The molecule has 206 valence electrons. The predicted octanol–water partition coefficient (Wildman–Crippen LogP) is 7.46. The lowest BCUT2D eigenvalue weighted by Gasteiger charge is -2.37. The Labute approximate surface area is 238 Å². The first-order chi connectivity index (χ1) is 19.9. The first-order valence-electron chi connectivity index (χ1n) is 13.3. The van der Waals surface area contributed by atoms with Gasteiger partial charge in [0.2, 0.25) is 0 Å². The van der Waals surface area contributed by atoms with Gasteiger partial charge in [-0.1, -0.05) is 36.4 Å². The number of aryl methyl sites for hydroxylation is 1. The molecule has 1 aliphatic heterocycles. The average molecular weight is 547 g/mol. The minimum atomic E-state index is -1.00. The van der Waals surface area contributed by atoms with E-state index in [-0.39, 0.29) is 0 Å². The zero-order valence-corrected chi connectivity index (χ0v) is 23.6. The largest absolute Gasteiger partial charge is 0.497 e. The highest BCUT2D eigenvalue weighted by Gasteiger charge is 2.40. The Morgan fingerprint density at radius 3 is 1.83 bits per heavy atom. The summed E-state index contributed by atoms with van der Waals surface area (Å²) in [5.41, 5.74) is 2.80. The van der Waals surface area contributed by atoms with Crippen LogP contribution in [-0.2, 0) is 10.3 Å². The molecule has 0 radical (unpaired) electrons. The molecule has 0 bridgehead atoms. The quantitative estimate of drug-likeness (QED) is 0.163. The Bertz CT molecular complexity index is 1770. The summed E-state index contributed by atoms with van der Waals surface area (Å²) < 4.78 is 28.8. The SMILES string of the molecule is COC(=O)c1c2c(c3c(ccc4cc(OC)ccc43)c1C)OC(c1ccc(OC)cc1)(c1ccc(OC)cc1)C=C2. The molecular formula is C35H30O6. The highest BCUT2D eigenvalue weighted by Crippen LogP contribution is 2.49. The normalized spacial score (nSPS) is 13.4. The maximum Gasteiger partial charge on any atom is 0.338 e. The van der Waals surface area contributed by atoms with Crippen molar-refractivity contribution in [3.63, 3.8) is 0 Å². The highest BCUT2D eigenvalue weighted by atomic mass is 16.5. The molecule has 6 rings (SSSR count). The molecule has 0 aromatic heterocycles. The van der Waals surface area contributed by atoms with Crippen LogP contribution >= 0.6 is 0 Å². The van der Waals surface area contributed by atoms with Crippen LogP contribution in [0.4, 0.5) is 0 Å². The number of esters is 1. The Morgan fingerprint density at radius 2 is 1.27 bits per heavy atom. The number of methoxy groups -OCH3 is 4. The lowest BCUT2D eigenvalue weighted by atomic mass is 9.81. The molecule has 0 saturated heterocycles. The van der Waals surface area contributed by atoms with E-state index in [4.69, 9.17) is 23.7 Å². The molecular weight excluding hydrogens is 516 g/mol. The fourth-order valence-electron chi connectivity index (χ4n) is 5.76. The molecule has 0 N–H and O–H groups in total. The van der Waals surface area contributed by atoms with Crippen molar-refractivity contribution in [3.8, 4) is 23.0 Å². The van der Waals surface area contributed by atoms with Crippen LogP contribution in [0.15, 0.2) is 84.9 Å². The second kappa shape index (κ2) is 10.2. The van der Waals surface area contributed by atoms with Gasteiger partial charge in [-0.2, -0.15) is 0 Å². The number of hydrogen-bond acceptors (Lipinski definition) is 6. The number of carbonyl (C=O) groups is 1. The summed E-state index contributed by atoms with van der Waals surface area (Å²) in [6, 6.07) is 25.7. The number of rotatable bonds is 6. The van der Waals surface area contributed by atoms with Crippen LogP contribution in [0.25, 0.3) is 27.6 Å². The van der Waals surface area contributed by atoms with E-state index in [1.165, 1.54) is 7.11 Å². The van der Waals surface area contributed by atoms with Gasteiger partial charge in [-0.05, 0) is 83.3 Å². The zero-order valence-electron chi connectivity index (χ0n) is 23.6. The standard InChI is InChI=1S/C35H30O6/c1-21-28-16-6-22-20-27(39-4)15-17-29(22)32(28)33-30(31(21)34(36)40-5)18-19-35(41-33,23-7-11-25(37-2)12-8-23)24-9-13-26(38-3)14-10-24/h6-20H,1-5H3. The summed E-state index contributed by atoms with van der Waals surface area (Å²) in [6.45, 7) is 1.95. The van der Waals surface area contributed by atoms with Crippen molar-refractivity contribution in [3.05, 3.63) is 113 Å². The Balaban J connectivity index is 1.70. The molecule has 6 nitrogen and oxygen atoms in total. The van der Waals surface area contributed by atoms with E-state index < -0.39 is 11.6 Å². The molecule has 0 saturated carbocycles. The molecule has 1 aliphatic rings. The second-order valence-electron chi connectivity index (χ2n) is 9.94. The first kappa shape index (κ1) is 26.3. The van der Waals surface area contributed by atoms with Crippen LogP contribution in [0, 0.1) is 6.92 Å². The van der Waals surface area contributed by atoms with Gasteiger partial charge < -0.3 is 23.7 Å². The van der Waals surface area contributed by atoms with Crippen LogP contribution in [0.3, 0.4) is 0 Å². The van der Waals surface area contributed by atoms with E-state index in [0.29, 0.717) is 16.9 Å². The van der Waals surface area contributed by atoms with Gasteiger partial charge >= 0.3 is 5.97 Å². The molecule has 41 heavy (non-hydrogen) atoms. The summed E-state index contributed by atoms with van der Waals surface area (Å²) in [4.78, 5) is 13.2. The van der Waals surface area contributed by atoms with Gasteiger partial charge in [-0.3, -0.25) is 0 Å². The van der Waals surface area contributed by atoms with Crippen LogP contribution in [0.2, 0.25) is 0 Å².